The molecule has 7 heteroatoms. The number of carbonyl (C=O) groups is 1. The lowest BCUT2D eigenvalue weighted by Gasteiger charge is -2.35. The minimum Gasteiger partial charge on any atom is -0.380 e. The molecule has 2 unspecified atom stereocenters. The van der Waals surface area contributed by atoms with E-state index in [0.717, 1.165) is 13.0 Å². The standard InChI is InChI=1S/C13H19N3O4/c1-9-3-4-15(8-13(9)20-2)7-12(17)11-5-10(6-14-11)16(18)19/h5-6,9,13-14H,3-4,7-8H2,1-2H3. The second-order valence-corrected chi connectivity index (χ2v) is 5.23. The molecule has 1 aliphatic heterocycles. The van der Waals surface area contributed by atoms with Crippen LogP contribution in [0.15, 0.2) is 12.3 Å². The number of piperidine rings is 1. The van der Waals surface area contributed by atoms with Crippen LogP contribution >= 0.6 is 0 Å². The molecular formula is C13H19N3O4. The van der Waals surface area contributed by atoms with E-state index in [-0.39, 0.29) is 29.8 Å². The second-order valence-electron chi connectivity index (χ2n) is 5.23. The van der Waals surface area contributed by atoms with Crippen LogP contribution in [0.1, 0.15) is 23.8 Å². The van der Waals surface area contributed by atoms with E-state index < -0.39 is 4.92 Å². The third-order valence-corrected chi connectivity index (χ3v) is 3.82. The van der Waals surface area contributed by atoms with Gasteiger partial charge in [-0.1, -0.05) is 6.92 Å². The topological polar surface area (TPSA) is 88.5 Å². The summed E-state index contributed by atoms with van der Waals surface area (Å²) in [5.41, 5.74) is 0.194. The molecule has 110 valence electrons. The van der Waals surface area contributed by atoms with Gasteiger partial charge in [-0.15, -0.1) is 0 Å². The Bertz CT molecular complexity index is 500. The maximum Gasteiger partial charge on any atom is 0.287 e. The number of H-pyrrole nitrogens is 1. The molecule has 1 N–H and O–H groups in total. The number of aromatic nitrogens is 1. The quantitative estimate of drug-likeness (QED) is 0.501. The van der Waals surface area contributed by atoms with Crippen LogP contribution in [0.2, 0.25) is 0 Å². The molecule has 0 spiro atoms. The van der Waals surface area contributed by atoms with Crippen LogP contribution in [0.25, 0.3) is 0 Å². The van der Waals surface area contributed by atoms with E-state index in [9.17, 15) is 14.9 Å². The fourth-order valence-corrected chi connectivity index (χ4v) is 2.49. The van der Waals surface area contributed by atoms with Gasteiger partial charge in [-0.25, -0.2) is 0 Å². The second kappa shape index (κ2) is 6.15. The van der Waals surface area contributed by atoms with Crippen molar-refractivity contribution in [1.29, 1.82) is 0 Å². The molecular weight excluding hydrogens is 262 g/mol. The van der Waals surface area contributed by atoms with Crippen LogP contribution in [-0.2, 0) is 4.74 Å². The molecule has 20 heavy (non-hydrogen) atoms. The van der Waals surface area contributed by atoms with E-state index in [1.165, 1.54) is 12.3 Å². The van der Waals surface area contributed by atoms with Gasteiger partial charge in [0.05, 0.1) is 29.5 Å². The highest BCUT2D eigenvalue weighted by Gasteiger charge is 2.27. The first-order chi connectivity index (χ1) is 9.51. The van der Waals surface area contributed by atoms with Gasteiger partial charge in [-0.2, -0.15) is 0 Å². The Kier molecular flexibility index (Phi) is 4.51. The van der Waals surface area contributed by atoms with Gasteiger partial charge in [0, 0.05) is 19.7 Å². The molecule has 0 amide bonds. The average molecular weight is 281 g/mol. The Labute approximate surface area is 117 Å². The van der Waals surface area contributed by atoms with Gasteiger partial charge in [0.1, 0.15) is 0 Å². The van der Waals surface area contributed by atoms with Gasteiger partial charge in [0.15, 0.2) is 5.78 Å². The van der Waals surface area contributed by atoms with E-state index in [1.807, 2.05) is 4.90 Å². The maximum atomic E-state index is 12.1. The average Bonchev–Trinajstić information content (AvgIpc) is 2.91. The van der Waals surface area contributed by atoms with Crippen molar-refractivity contribution in [2.75, 3.05) is 26.7 Å². The molecule has 0 bridgehead atoms. The number of likely N-dealkylation sites (tertiary alicyclic amines) is 1. The number of hydrogen-bond acceptors (Lipinski definition) is 5. The van der Waals surface area contributed by atoms with Crippen molar-refractivity contribution in [1.82, 2.24) is 9.88 Å². The number of ether oxygens (including phenoxy) is 1. The van der Waals surface area contributed by atoms with Crippen molar-refractivity contribution >= 4 is 11.5 Å². The van der Waals surface area contributed by atoms with E-state index in [4.69, 9.17) is 4.74 Å². The highest BCUT2D eigenvalue weighted by Crippen LogP contribution is 2.20. The Morgan fingerprint density at radius 2 is 2.40 bits per heavy atom. The highest BCUT2D eigenvalue weighted by molar-refractivity contribution is 5.96. The number of rotatable bonds is 5. The number of aromatic amines is 1. The first-order valence-corrected chi connectivity index (χ1v) is 6.62. The summed E-state index contributed by atoms with van der Waals surface area (Å²) in [5, 5.41) is 10.6. The molecule has 1 fully saturated rings. The summed E-state index contributed by atoms with van der Waals surface area (Å²) in [7, 11) is 1.68. The number of Topliss-reactive ketones (excluding diaryl/α,β-unsaturated/α-hetero) is 1. The Morgan fingerprint density at radius 1 is 1.65 bits per heavy atom. The smallest absolute Gasteiger partial charge is 0.287 e. The van der Waals surface area contributed by atoms with Crippen LogP contribution in [0.5, 0.6) is 0 Å². The van der Waals surface area contributed by atoms with Crippen molar-refractivity contribution in [2.24, 2.45) is 5.92 Å². The molecule has 1 aliphatic rings. The van der Waals surface area contributed by atoms with E-state index >= 15 is 0 Å². The van der Waals surface area contributed by atoms with Gasteiger partial charge in [-0.3, -0.25) is 19.8 Å². The Balaban J connectivity index is 1.95. The zero-order chi connectivity index (χ0) is 14.7. The van der Waals surface area contributed by atoms with Crippen molar-refractivity contribution in [3.05, 3.63) is 28.1 Å². The molecule has 1 aromatic rings. The molecule has 2 heterocycles. The summed E-state index contributed by atoms with van der Waals surface area (Å²) in [6.07, 6.45) is 2.36. The minimum absolute atomic E-state index is 0.0876. The number of nitrogens with zero attached hydrogens (tertiary/aromatic N) is 2. The third kappa shape index (κ3) is 3.23. The lowest BCUT2D eigenvalue weighted by Crippen LogP contribution is -2.45. The van der Waals surface area contributed by atoms with Crippen molar-refractivity contribution in [2.45, 2.75) is 19.4 Å². The van der Waals surface area contributed by atoms with Crippen molar-refractivity contribution in [3.8, 4) is 0 Å². The van der Waals surface area contributed by atoms with Crippen LogP contribution in [0.3, 0.4) is 0 Å². The summed E-state index contributed by atoms with van der Waals surface area (Å²) < 4.78 is 5.41. The lowest BCUT2D eigenvalue weighted by molar-refractivity contribution is -0.384. The number of carbonyl (C=O) groups excluding carboxylic acids is 1. The number of nitrogens with one attached hydrogen (secondary N) is 1. The molecule has 0 radical (unpaired) electrons. The van der Waals surface area contributed by atoms with E-state index in [2.05, 4.69) is 11.9 Å². The lowest BCUT2D eigenvalue weighted by atomic mass is 9.95. The zero-order valence-corrected chi connectivity index (χ0v) is 11.7. The monoisotopic (exact) mass is 281 g/mol. The van der Waals surface area contributed by atoms with E-state index in [1.54, 1.807) is 7.11 Å². The molecule has 1 saturated heterocycles. The molecule has 2 atom stereocenters. The molecule has 2 rings (SSSR count). The van der Waals surface area contributed by atoms with Gasteiger partial charge >= 0.3 is 0 Å². The first-order valence-electron chi connectivity index (χ1n) is 6.62. The van der Waals surface area contributed by atoms with Gasteiger partial charge in [0.2, 0.25) is 0 Å². The highest BCUT2D eigenvalue weighted by atomic mass is 16.6. The summed E-state index contributed by atoms with van der Waals surface area (Å²) in [4.78, 5) is 26.9. The summed E-state index contributed by atoms with van der Waals surface area (Å²) >= 11 is 0. The van der Waals surface area contributed by atoms with Crippen LogP contribution in [0.4, 0.5) is 5.69 Å². The minimum atomic E-state index is -0.517. The van der Waals surface area contributed by atoms with Crippen molar-refractivity contribution in [3.63, 3.8) is 0 Å². The number of methoxy groups -OCH3 is 1. The fourth-order valence-electron chi connectivity index (χ4n) is 2.49. The number of nitro groups is 1. The Morgan fingerprint density at radius 3 is 3.00 bits per heavy atom. The van der Waals surface area contributed by atoms with Crippen LogP contribution in [0, 0.1) is 16.0 Å². The van der Waals surface area contributed by atoms with Crippen molar-refractivity contribution < 1.29 is 14.5 Å². The molecule has 1 aromatic heterocycles. The number of ketones is 1. The van der Waals surface area contributed by atoms with E-state index in [0.29, 0.717) is 12.5 Å². The SMILES string of the molecule is COC1CN(CC(=O)c2cc([N+](=O)[O-])c[nH]2)CCC1C. The summed E-state index contributed by atoms with van der Waals surface area (Å²) in [5.74, 6) is 0.348. The predicted octanol–water partition coefficient (Wildman–Crippen LogP) is 1.46. The van der Waals surface area contributed by atoms with Crippen LogP contribution < -0.4 is 0 Å². The Hall–Kier alpha value is -1.73. The number of hydrogen-bond donors (Lipinski definition) is 1. The molecule has 0 aromatic carbocycles. The van der Waals surface area contributed by atoms with Gasteiger partial charge in [0.25, 0.3) is 5.69 Å². The molecule has 0 saturated carbocycles. The van der Waals surface area contributed by atoms with Gasteiger partial charge < -0.3 is 9.72 Å². The molecule has 7 nitrogen and oxygen atoms in total. The maximum absolute atomic E-state index is 12.1. The van der Waals surface area contributed by atoms with Gasteiger partial charge in [-0.05, 0) is 18.9 Å². The third-order valence-electron chi connectivity index (χ3n) is 3.82. The predicted molar refractivity (Wildman–Crippen MR) is 72.8 cm³/mol. The summed E-state index contributed by atoms with van der Waals surface area (Å²) in [6, 6.07) is 1.28. The normalized spacial score (nSPS) is 23.7. The first kappa shape index (κ1) is 14.7. The van der Waals surface area contributed by atoms with Crippen LogP contribution in [-0.4, -0.2) is 53.4 Å². The summed E-state index contributed by atoms with van der Waals surface area (Å²) in [6.45, 7) is 3.95. The zero-order valence-electron chi connectivity index (χ0n) is 11.7. The molecule has 0 aliphatic carbocycles. The fraction of sp³-hybridized carbons (Fsp3) is 0.615. The largest absolute Gasteiger partial charge is 0.380 e.